The Morgan fingerprint density at radius 2 is 1.78 bits per heavy atom. The highest BCUT2D eigenvalue weighted by molar-refractivity contribution is 7.21. The molecule has 140 valence electrons. The van der Waals surface area contributed by atoms with Crippen LogP contribution in [0, 0.1) is 0 Å². The summed E-state index contributed by atoms with van der Waals surface area (Å²) in [6.07, 6.45) is 2.29. The fourth-order valence-corrected chi connectivity index (χ4v) is 4.30. The Morgan fingerprint density at radius 3 is 2.52 bits per heavy atom. The molecule has 0 unspecified atom stereocenters. The van der Waals surface area contributed by atoms with E-state index < -0.39 is 0 Å². The van der Waals surface area contributed by atoms with Crippen LogP contribution in [0.2, 0.25) is 10.0 Å². The van der Waals surface area contributed by atoms with E-state index in [1.54, 1.807) is 42.5 Å². The molecule has 0 saturated carbocycles. The first-order valence-electron chi connectivity index (χ1n) is 8.56. The van der Waals surface area contributed by atoms with E-state index in [4.69, 9.17) is 23.2 Å². The van der Waals surface area contributed by atoms with Gasteiger partial charge >= 0.3 is 0 Å². The standard InChI is InChI=1S/C20H18Cl2N2O2S/c1-2-3-7-17(25)23-13-5-4-6-14(11-13)24-20(26)19-18(22)15-9-8-12(21)10-16(15)27-19/h4-6,8-11H,2-3,7H2,1H3,(H,23,25)(H,24,26). The molecule has 4 nitrogen and oxygen atoms in total. The number of hydrogen-bond acceptors (Lipinski definition) is 3. The Labute approximate surface area is 171 Å². The first-order valence-corrected chi connectivity index (χ1v) is 10.1. The molecule has 2 amide bonds. The van der Waals surface area contributed by atoms with Crippen molar-refractivity contribution < 1.29 is 9.59 Å². The number of fused-ring (bicyclic) bond motifs is 1. The summed E-state index contributed by atoms with van der Waals surface area (Å²) >= 11 is 13.7. The number of carbonyl (C=O) groups is 2. The van der Waals surface area contributed by atoms with Gasteiger partial charge in [-0.05, 0) is 36.8 Å². The minimum absolute atomic E-state index is 0.0373. The number of benzene rings is 2. The molecule has 1 aromatic heterocycles. The zero-order valence-electron chi connectivity index (χ0n) is 14.6. The maximum Gasteiger partial charge on any atom is 0.267 e. The molecule has 0 aliphatic carbocycles. The summed E-state index contributed by atoms with van der Waals surface area (Å²) < 4.78 is 0.856. The second-order valence-electron chi connectivity index (χ2n) is 6.07. The van der Waals surface area contributed by atoms with Crippen molar-refractivity contribution in [2.75, 3.05) is 10.6 Å². The molecule has 2 N–H and O–H groups in total. The van der Waals surface area contributed by atoms with Crippen molar-refractivity contribution in [1.82, 2.24) is 0 Å². The van der Waals surface area contributed by atoms with E-state index in [1.807, 2.05) is 6.92 Å². The van der Waals surface area contributed by atoms with Crippen LogP contribution in [0.25, 0.3) is 10.1 Å². The molecule has 0 saturated heterocycles. The van der Waals surface area contributed by atoms with Gasteiger partial charge in [-0.15, -0.1) is 11.3 Å². The highest BCUT2D eigenvalue weighted by Crippen LogP contribution is 2.37. The summed E-state index contributed by atoms with van der Waals surface area (Å²) in [4.78, 5) is 25.0. The number of nitrogens with one attached hydrogen (secondary N) is 2. The van der Waals surface area contributed by atoms with Gasteiger partial charge in [-0.2, -0.15) is 0 Å². The van der Waals surface area contributed by atoms with Crippen LogP contribution < -0.4 is 10.6 Å². The summed E-state index contributed by atoms with van der Waals surface area (Å²) in [5.41, 5.74) is 1.22. The molecule has 2 aromatic carbocycles. The second kappa shape index (κ2) is 8.74. The number of halogens is 2. The van der Waals surface area contributed by atoms with E-state index in [-0.39, 0.29) is 11.8 Å². The maximum atomic E-state index is 12.7. The van der Waals surface area contributed by atoms with Gasteiger partial charge in [0, 0.05) is 32.9 Å². The van der Waals surface area contributed by atoms with Crippen LogP contribution in [0.1, 0.15) is 35.9 Å². The minimum atomic E-state index is -0.299. The van der Waals surface area contributed by atoms with Crippen LogP contribution >= 0.6 is 34.5 Å². The van der Waals surface area contributed by atoms with Crippen LogP contribution in [0.5, 0.6) is 0 Å². The second-order valence-corrected chi connectivity index (χ2v) is 7.94. The van der Waals surface area contributed by atoms with Crippen molar-refractivity contribution in [2.24, 2.45) is 0 Å². The third-order valence-corrected chi connectivity index (χ3v) is 5.85. The largest absolute Gasteiger partial charge is 0.326 e. The molecular formula is C20H18Cl2N2O2S. The van der Waals surface area contributed by atoms with Gasteiger partial charge in [-0.1, -0.05) is 48.7 Å². The molecule has 0 aliphatic rings. The summed E-state index contributed by atoms with van der Waals surface area (Å²) in [7, 11) is 0. The van der Waals surface area contributed by atoms with E-state index in [0.29, 0.717) is 32.7 Å². The van der Waals surface area contributed by atoms with Crippen molar-refractivity contribution in [2.45, 2.75) is 26.2 Å². The van der Waals surface area contributed by atoms with Crippen LogP contribution in [0.4, 0.5) is 11.4 Å². The van der Waals surface area contributed by atoms with E-state index in [9.17, 15) is 9.59 Å². The molecule has 3 aromatic rings. The van der Waals surface area contributed by atoms with Crippen molar-refractivity contribution in [3.05, 3.63) is 57.4 Å². The Kier molecular flexibility index (Phi) is 6.37. The maximum absolute atomic E-state index is 12.7. The zero-order valence-corrected chi connectivity index (χ0v) is 17.0. The van der Waals surface area contributed by atoms with E-state index in [0.717, 1.165) is 22.9 Å². The fourth-order valence-electron chi connectivity index (χ4n) is 2.61. The summed E-state index contributed by atoms with van der Waals surface area (Å²) in [5, 5.41) is 7.48. The molecule has 1 heterocycles. The van der Waals surface area contributed by atoms with Gasteiger partial charge < -0.3 is 10.6 Å². The zero-order chi connectivity index (χ0) is 19.4. The monoisotopic (exact) mass is 420 g/mol. The van der Waals surface area contributed by atoms with Gasteiger partial charge in [0.15, 0.2) is 0 Å². The first-order chi connectivity index (χ1) is 13.0. The molecule has 0 bridgehead atoms. The van der Waals surface area contributed by atoms with Crippen molar-refractivity contribution in [1.29, 1.82) is 0 Å². The van der Waals surface area contributed by atoms with Gasteiger partial charge in [0.1, 0.15) is 4.88 Å². The highest BCUT2D eigenvalue weighted by atomic mass is 35.5. The summed E-state index contributed by atoms with van der Waals surface area (Å²) in [6.45, 7) is 2.04. The van der Waals surface area contributed by atoms with Crippen molar-refractivity contribution in [3.8, 4) is 0 Å². The van der Waals surface area contributed by atoms with Gasteiger partial charge in [0.25, 0.3) is 5.91 Å². The smallest absolute Gasteiger partial charge is 0.267 e. The Morgan fingerprint density at radius 1 is 1.04 bits per heavy atom. The van der Waals surface area contributed by atoms with E-state index >= 15 is 0 Å². The predicted molar refractivity (Wildman–Crippen MR) is 114 cm³/mol. The lowest BCUT2D eigenvalue weighted by atomic mass is 10.2. The number of carbonyl (C=O) groups excluding carboxylic acids is 2. The molecule has 0 atom stereocenters. The Hall–Kier alpha value is -2.08. The summed E-state index contributed by atoms with van der Waals surface area (Å²) in [5.74, 6) is -0.337. The molecule has 3 rings (SSSR count). The number of anilines is 2. The van der Waals surface area contributed by atoms with Crippen LogP contribution in [0.15, 0.2) is 42.5 Å². The summed E-state index contributed by atoms with van der Waals surface area (Å²) in [6, 6.07) is 12.4. The van der Waals surface area contributed by atoms with E-state index in [1.165, 1.54) is 11.3 Å². The molecule has 27 heavy (non-hydrogen) atoms. The third kappa shape index (κ3) is 4.80. The quantitative estimate of drug-likeness (QED) is 0.472. The third-order valence-electron chi connectivity index (χ3n) is 3.96. The number of amides is 2. The van der Waals surface area contributed by atoms with Crippen molar-refractivity contribution in [3.63, 3.8) is 0 Å². The molecule has 0 aliphatic heterocycles. The Bertz CT molecular complexity index is 1000. The number of rotatable bonds is 6. The predicted octanol–water partition coefficient (Wildman–Crippen LogP) is 6.59. The molecule has 0 fully saturated rings. The van der Waals surface area contributed by atoms with Gasteiger partial charge in [0.2, 0.25) is 5.91 Å². The molecule has 7 heteroatoms. The van der Waals surface area contributed by atoms with Gasteiger partial charge in [0.05, 0.1) is 5.02 Å². The number of thiophene rings is 1. The topological polar surface area (TPSA) is 58.2 Å². The van der Waals surface area contributed by atoms with Crippen LogP contribution in [-0.2, 0) is 4.79 Å². The van der Waals surface area contributed by atoms with Crippen LogP contribution in [0.3, 0.4) is 0 Å². The first kappa shape index (κ1) is 19.7. The SMILES string of the molecule is CCCCC(=O)Nc1cccc(NC(=O)c2sc3cc(Cl)ccc3c2Cl)c1. The lowest BCUT2D eigenvalue weighted by Crippen LogP contribution is -2.13. The van der Waals surface area contributed by atoms with Crippen LogP contribution in [-0.4, -0.2) is 11.8 Å². The average molecular weight is 421 g/mol. The highest BCUT2D eigenvalue weighted by Gasteiger charge is 2.17. The number of hydrogen-bond donors (Lipinski definition) is 2. The average Bonchev–Trinajstić information content (AvgIpc) is 2.96. The molecule has 0 radical (unpaired) electrons. The lowest BCUT2D eigenvalue weighted by Gasteiger charge is -2.08. The van der Waals surface area contributed by atoms with Gasteiger partial charge in [-0.3, -0.25) is 9.59 Å². The van der Waals surface area contributed by atoms with E-state index in [2.05, 4.69) is 10.6 Å². The normalized spacial score (nSPS) is 10.8. The molecular weight excluding hydrogens is 403 g/mol. The fraction of sp³-hybridized carbons (Fsp3) is 0.200. The number of unbranched alkanes of at least 4 members (excludes halogenated alkanes) is 1. The lowest BCUT2D eigenvalue weighted by molar-refractivity contribution is -0.116. The van der Waals surface area contributed by atoms with Crippen molar-refractivity contribution >= 4 is 67.8 Å². The minimum Gasteiger partial charge on any atom is -0.326 e. The van der Waals surface area contributed by atoms with Gasteiger partial charge in [-0.25, -0.2) is 0 Å². The molecule has 0 spiro atoms. The Balaban J connectivity index is 1.75.